The Morgan fingerprint density at radius 1 is 1.86 bits per heavy atom. The third-order valence-corrected chi connectivity index (χ3v) is 1.62. The van der Waals surface area contributed by atoms with Gasteiger partial charge in [-0.1, -0.05) is 0 Å². The van der Waals surface area contributed by atoms with Crippen molar-refractivity contribution in [2.45, 2.75) is 0 Å². The molecule has 0 saturated heterocycles. The monoisotopic (exact) mass is 160 g/mol. The van der Waals surface area contributed by atoms with Crippen molar-refractivity contribution in [3.8, 4) is 0 Å². The molecule has 36 valence electrons. The van der Waals surface area contributed by atoms with Gasteiger partial charge in [-0.05, 0) is 0 Å². The van der Waals surface area contributed by atoms with Crippen LogP contribution in [0.3, 0.4) is 0 Å². The van der Waals surface area contributed by atoms with Gasteiger partial charge in [-0.3, -0.25) is 0 Å². The van der Waals surface area contributed by atoms with Crippen LogP contribution in [0.5, 0.6) is 0 Å². The standard InChI is InChI=1S/C4H4N2Se/c1-2-4-3-5-7-6-4/h2-3H,1H2. The maximum absolute atomic E-state index is 3.99. The van der Waals surface area contributed by atoms with E-state index >= 15 is 0 Å². The van der Waals surface area contributed by atoms with Gasteiger partial charge in [0.25, 0.3) is 0 Å². The van der Waals surface area contributed by atoms with Crippen molar-refractivity contribution in [3.63, 3.8) is 0 Å². The van der Waals surface area contributed by atoms with Crippen LogP contribution in [0, 0.1) is 0 Å². The van der Waals surface area contributed by atoms with Crippen LogP contribution in [0.2, 0.25) is 0 Å². The summed E-state index contributed by atoms with van der Waals surface area (Å²) >= 11 is 0.128. The molecule has 7 heavy (non-hydrogen) atoms. The Kier molecular flexibility index (Phi) is 1.39. The van der Waals surface area contributed by atoms with Crippen LogP contribution in [-0.4, -0.2) is 22.9 Å². The van der Waals surface area contributed by atoms with Crippen LogP contribution in [0.15, 0.2) is 12.8 Å². The van der Waals surface area contributed by atoms with Gasteiger partial charge in [0, 0.05) is 0 Å². The van der Waals surface area contributed by atoms with E-state index in [0.29, 0.717) is 0 Å². The first-order chi connectivity index (χ1) is 3.43. The molecule has 0 amide bonds. The summed E-state index contributed by atoms with van der Waals surface area (Å²) in [5.41, 5.74) is 0.917. The zero-order valence-electron chi connectivity index (χ0n) is 3.66. The predicted molar refractivity (Wildman–Crippen MR) is 29.1 cm³/mol. The second-order valence-electron chi connectivity index (χ2n) is 1.04. The fourth-order valence-corrected chi connectivity index (χ4v) is 1.14. The molecule has 0 N–H and O–H groups in total. The maximum atomic E-state index is 3.99. The molecule has 0 radical (unpaired) electrons. The van der Waals surface area contributed by atoms with Crippen LogP contribution >= 0.6 is 0 Å². The van der Waals surface area contributed by atoms with Crippen LogP contribution in [0.25, 0.3) is 6.08 Å². The second kappa shape index (κ2) is 2.05. The summed E-state index contributed by atoms with van der Waals surface area (Å²) in [4.78, 5) is 0. The molecule has 1 aromatic heterocycles. The van der Waals surface area contributed by atoms with Gasteiger partial charge in [-0.15, -0.1) is 0 Å². The average Bonchev–Trinajstić information content (AvgIpc) is 2.14. The summed E-state index contributed by atoms with van der Waals surface area (Å²) < 4.78 is 7.89. The molecule has 0 fully saturated rings. The van der Waals surface area contributed by atoms with E-state index in [9.17, 15) is 0 Å². The Morgan fingerprint density at radius 3 is 3.00 bits per heavy atom. The normalized spacial score (nSPS) is 8.57. The summed E-state index contributed by atoms with van der Waals surface area (Å²) in [5, 5.41) is 0. The molecule has 1 aromatic rings. The molecule has 3 heteroatoms. The van der Waals surface area contributed by atoms with Gasteiger partial charge < -0.3 is 0 Å². The fraction of sp³-hybridized carbons (Fsp3) is 0. The first-order valence-corrected chi connectivity index (χ1v) is 3.36. The van der Waals surface area contributed by atoms with Crippen LogP contribution in [0.4, 0.5) is 0 Å². The quantitative estimate of drug-likeness (QED) is 0.546. The molecule has 0 saturated carbocycles. The topological polar surface area (TPSA) is 25.8 Å². The minimum absolute atomic E-state index is 0.128. The van der Waals surface area contributed by atoms with Crippen molar-refractivity contribution < 1.29 is 0 Å². The SMILES string of the molecule is C=Cc1cn[se]n1. The molecule has 0 aromatic carbocycles. The van der Waals surface area contributed by atoms with Gasteiger partial charge in [0.15, 0.2) is 0 Å². The molecule has 0 aliphatic rings. The molecule has 0 unspecified atom stereocenters. The molecule has 1 rings (SSSR count). The number of aromatic nitrogens is 2. The Hall–Kier alpha value is -0.401. The Labute approximate surface area is 48.1 Å². The van der Waals surface area contributed by atoms with Gasteiger partial charge in [0.1, 0.15) is 0 Å². The zero-order chi connectivity index (χ0) is 5.11. The van der Waals surface area contributed by atoms with Crippen molar-refractivity contribution in [1.82, 2.24) is 7.96 Å². The Balaban J connectivity index is 2.96. The first-order valence-electron chi connectivity index (χ1n) is 1.83. The fourth-order valence-electron chi connectivity index (χ4n) is 0.262. The van der Waals surface area contributed by atoms with E-state index in [1.807, 2.05) is 0 Å². The van der Waals surface area contributed by atoms with Gasteiger partial charge in [-0.25, -0.2) is 0 Å². The zero-order valence-corrected chi connectivity index (χ0v) is 5.38. The number of hydrogen-bond acceptors (Lipinski definition) is 2. The summed E-state index contributed by atoms with van der Waals surface area (Å²) in [6, 6.07) is 0. The van der Waals surface area contributed by atoms with E-state index in [1.165, 1.54) is 0 Å². The van der Waals surface area contributed by atoms with Crippen molar-refractivity contribution in [1.29, 1.82) is 0 Å². The number of rotatable bonds is 1. The van der Waals surface area contributed by atoms with Crippen LogP contribution in [-0.2, 0) is 0 Å². The minimum atomic E-state index is 0.128. The van der Waals surface area contributed by atoms with E-state index < -0.39 is 0 Å². The van der Waals surface area contributed by atoms with Crippen molar-refractivity contribution in [3.05, 3.63) is 18.5 Å². The van der Waals surface area contributed by atoms with Gasteiger partial charge in [-0.2, -0.15) is 0 Å². The van der Waals surface area contributed by atoms with Crippen molar-refractivity contribution in [2.75, 3.05) is 0 Å². The summed E-state index contributed by atoms with van der Waals surface area (Å²) in [6.07, 6.45) is 3.45. The summed E-state index contributed by atoms with van der Waals surface area (Å²) in [5.74, 6) is 0. The van der Waals surface area contributed by atoms with E-state index in [4.69, 9.17) is 0 Å². The van der Waals surface area contributed by atoms with Gasteiger partial charge in [0.05, 0.1) is 0 Å². The van der Waals surface area contributed by atoms with Gasteiger partial charge >= 0.3 is 47.5 Å². The molecule has 2 nitrogen and oxygen atoms in total. The van der Waals surface area contributed by atoms with Gasteiger partial charge in [0.2, 0.25) is 0 Å². The van der Waals surface area contributed by atoms with E-state index in [0.717, 1.165) is 5.69 Å². The molecule has 0 aliphatic carbocycles. The molecular formula is C4H4N2Se. The van der Waals surface area contributed by atoms with Crippen LogP contribution in [0.1, 0.15) is 5.69 Å². The molecule has 0 atom stereocenters. The third-order valence-electron chi connectivity index (χ3n) is 0.587. The third kappa shape index (κ3) is 0.981. The van der Waals surface area contributed by atoms with Crippen molar-refractivity contribution >= 4 is 21.0 Å². The first kappa shape index (κ1) is 4.75. The van der Waals surface area contributed by atoms with Crippen molar-refractivity contribution in [2.24, 2.45) is 0 Å². The second-order valence-corrected chi connectivity index (χ2v) is 2.20. The molecule has 1 heterocycles. The van der Waals surface area contributed by atoms with Crippen LogP contribution < -0.4 is 0 Å². The molecule has 0 aliphatic heterocycles. The van der Waals surface area contributed by atoms with E-state index in [1.54, 1.807) is 12.3 Å². The van der Waals surface area contributed by atoms with E-state index in [-0.39, 0.29) is 15.0 Å². The summed E-state index contributed by atoms with van der Waals surface area (Å²) in [6.45, 7) is 3.53. The Bertz CT molecular complexity index is 145. The number of nitrogens with zero attached hydrogens (tertiary/aromatic N) is 2. The van der Waals surface area contributed by atoms with E-state index in [2.05, 4.69) is 14.5 Å². The molecule has 0 bridgehead atoms. The molecule has 0 spiro atoms. The Morgan fingerprint density at radius 2 is 2.71 bits per heavy atom. The summed E-state index contributed by atoms with van der Waals surface area (Å²) in [7, 11) is 0. The molecular weight excluding hydrogens is 155 g/mol. The predicted octanol–water partition coefficient (Wildman–Crippen LogP) is 0.177. The average molecular weight is 159 g/mol. The number of hydrogen-bond donors (Lipinski definition) is 0.